The van der Waals surface area contributed by atoms with Crippen molar-refractivity contribution in [2.75, 3.05) is 26.2 Å². The lowest BCUT2D eigenvalue weighted by Gasteiger charge is -2.52. The van der Waals surface area contributed by atoms with Gasteiger partial charge in [-0.25, -0.2) is 14.8 Å². The van der Waals surface area contributed by atoms with Gasteiger partial charge >= 0.3 is 6.03 Å². The number of nitrogens with one attached hydrogen (secondary N) is 2. The molecule has 1 saturated heterocycles. The number of carbonyl (C=O) groups excluding carboxylic acids is 1. The van der Waals surface area contributed by atoms with Crippen molar-refractivity contribution in [1.29, 1.82) is 5.26 Å². The summed E-state index contributed by atoms with van der Waals surface area (Å²) in [5.41, 5.74) is 2.28. The molecule has 0 unspecified atom stereocenters. The van der Waals surface area contributed by atoms with E-state index in [1.54, 1.807) is 6.33 Å². The number of nitrogens with zero attached hydrogens (tertiary/aromatic N) is 7. The Hall–Kier alpha value is -3.45. The van der Waals surface area contributed by atoms with Crippen molar-refractivity contribution in [3.8, 4) is 17.3 Å². The lowest BCUT2D eigenvalue weighted by Crippen LogP contribution is -2.61. The summed E-state index contributed by atoms with van der Waals surface area (Å²) < 4.78 is 1.97. The van der Waals surface area contributed by atoms with Crippen molar-refractivity contribution in [3.63, 3.8) is 0 Å². The summed E-state index contributed by atoms with van der Waals surface area (Å²) in [6.45, 7) is 3.27. The first-order valence-corrected chi connectivity index (χ1v) is 11.7. The van der Waals surface area contributed by atoms with Crippen molar-refractivity contribution >= 4 is 17.1 Å². The third kappa shape index (κ3) is 3.62. The molecule has 3 aromatic heterocycles. The number of piperazine rings is 1. The first-order chi connectivity index (χ1) is 16.1. The molecule has 2 amide bonds. The third-order valence-electron chi connectivity index (χ3n) is 7.36. The van der Waals surface area contributed by atoms with E-state index in [4.69, 9.17) is 0 Å². The van der Waals surface area contributed by atoms with E-state index >= 15 is 0 Å². The molecule has 0 bridgehead atoms. The number of aromatic nitrogens is 5. The normalized spacial score (nSPS) is 25.5. The predicted octanol–water partition coefficient (Wildman–Crippen LogP) is 2.08. The van der Waals surface area contributed by atoms with Crippen LogP contribution in [0.5, 0.6) is 0 Å². The Morgan fingerprint density at radius 1 is 1.24 bits per heavy atom. The minimum absolute atomic E-state index is 0.0786. The number of aromatic amines is 1. The fourth-order valence-electron chi connectivity index (χ4n) is 5.23. The molecule has 170 valence electrons. The van der Waals surface area contributed by atoms with Crippen molar-refractivity contribution < 1.29 is 4.79 Å². The second-order valence-corrected chi connectivity index (χ2v) is 9.50. The maximum Gasteiger partial charge on any atom is 0.317 e. The molecule has 0 spiro atoms. The van der Waals surface area contributed by atoms with Gasteiger partial charge in [-0.1, -0.05) is 0 Å². The average molecular weight is 446 g/mol. The van der Waals surface area contributed by atoms with Gasteiger partial charge in [0, 0.05) is 61.6 Å². The SMILES string of the molecule is N#CC[C@]1(n2cc(-c3ncnc4[nH]ccc34)cn2)C[C@@H](N2CCN(C(=O)NC3CC3)CC2)C1. The second-order valence-electron chi connectivity index (χ2n) is 9.50. The summed E-state index contributed by atoms with van der Waals surface area (Å²) in [7, 11) is 0. The number of nitriles is 1. The molecule has 2 aliphatic carbocycles. The zero-order chi connectivity index (χ0) is 22.4. The van der Waals surface area contributed by atoms with E-state index in [0.29, 0.717) is 18.5 Å². The van der Waals surface area contributed by atoms with Gasteiger partial charge in [0.05, 0.1) is 29.9 Å². The van der Waals surface area contributed by atoms with E-state index in [-0.39, 0.29) is 11.6 Å². The Morgan fingerprint density at radius 3 is 2.82 bits per heavy atom. The van der Waals surface area contributed by atoms with Gasteiger partial charge in [-0.2, -0.15) is 10.4 Å². The minimum Gasteiger partial charge on any atom is -0.346 e. The number of urea groups is 1. The highest BCUT2D eigenvalue weighted by molar-refractivity contribution is 5.90. The number of hydrogen-bond acceptors (Lipinski definition) is 6. The van der Waals surface area contributed by atoms with E-state index in [1.807, 2.05) is 34.2 Å². The molecule has 33 heavy (non-hydrogen) atoms. The van der Waals surface area contributed by atoms with E-state index < -0.39 is 0 Å². The average Bonchev–Trinajstić information content (AvgIpc) is 3.28. The fraction of sp³-hybridized carbons (Fsp3) is 0.522. The van der Waals surface area contributed by atoms with Crippen LogP contribution in [-0.2, 0) is 5.54 Å². The van der Waals surface area contributed by atoms with E-state index in [9.17, 15) is 10.1 Å². The number of rotatable bonds is 5. The molecule has 1 aliphatic heterocycles. The maximum absolute atomic E-state index is 12.3. The van der Waals surface area contributed by atoms with Crippen LogP contribution in [0.2, 0.25) is 0 Å². The topological polar surface area (TPSA) is 119 Å². The molecule has 10 heteroatoms. The van der Waals surface area contributed by atoms with Crippen LogP contribution in [0.25, 0.3) is 22.3 Å². The molecule has 10 nitrogen and oxygen atoms in total. The highest BCUT2D eigenvalue weighted by Gasteiger charge is 2.49. The first-order valence-electron chi connectivity index (χ1n) is 11.7. The van der Waals surface area contributed by atoms with Crippen LogP contribution in [0.3, 0.4) is 0 Å². The standard InChI is InChI=1S/C23H27N9O/c24-5-4-23(32-14-16(13-28-32)20-19-3-6-25-21(19)27-15-26-20)11-18(12-23)30-7-9-31(10-8-30)22(33)29-17-1-2-17/h3,6,13-15,17-18H,1-2,4,7-12H2,(H,29,33)(H,25,26,27)/t18-,23+. The Morgan fingerprint density at radius 2 is 2.06 bits per heavy atom. The van der Waals surface area contributed by atoms with Crippen LogP contribution in [0.15, 0.2) is 31.0 Å². The smallest absolute Gasteiger partial charge is 0.317 e. The Kier molecular flexibility index (Phi) is 4.80. The summed E-state index contributed by atoms with van der Waals surface area (Å²) in [5.74, 6) is 0. The largest absolute Gasteiger partial charge is 0.346 e. The number of amides is 2. The molecule has 2 N–H and O–H groups in total. The molecule has 3 aromatic rings. The van der Waals surface area contributed by atoms with Crippen molar-refractivity contribution in [2.45, 2.75) is 49.7 Å². The number of carbonyl (C=O) groups is 1. The number of hydrogen-bond donors (Lipinski definition) is 2. The number of fused-ring (bicyclic) bond motifs is 1. The van der Waals surface area contributed by atoms with Gasteiger partial charge in [-0.3, -0.25) is 9.58 Å². The van der Waals surface area contributed by atoms with Crippen LogP contribution in [0, 0.1) is 11.3 Å². The maximum atomic E-state index is 12.3. The summed E-state index contributed by atoms with van der Waals surface area (Å²) in [6, 6.07) is 5.23. The molecule has 4 heterocycles. The quantitative estimate of drug-likeness (QED) is 0.621. The first kappa shape index (κ1) is 20.2. The van der Waals surface area contributed by atoms with Crippen LogP contribution in [0.1, 0.15) is 32.1 Å². The summed E-state index contributed by atoms with van der Waals surface area (Å²) in [6.07, 6.45) is 11.7. The lowest BCUT2D eigenvalue weighted by molar-refractivity contribution is -0.0129. The van der Waals surface area contributed by atoms with E-state index in [1.165, 1.54) is 0 Å². The van der Waals surface area contributed by atoms with Crippen LogP contribution in [-0.4, -0.2) is 78.8 Å². The van der Waals surface area contributed by atoms with Crippen molar-refractivity contribution in [1.82, 2.24) is 39.8 Å². The molecule has 3 aliphatic rings. The van der Waals surface area contributed by atoms with Gasteiger partial charge < -0.3 is 15.2 Å². The van der Waals surface area contributed by atoms with Crippen LogP contribution >= 0.6 is 0 Å². The summed E-state index contributed by atoms with van der Waals surface area (Å²) in [4.78, 5) is 28.6. The molecular weight excluding hydrogens is 418 g/mol. The molecule has 2 saturated carbocycles. The van der Waals surface area contributed by atoms with E-state index in [0.717, 1.165) is 74.2 Å². The molecular formula is C23H27N9O. The van der Waals surface area contributed by atoms with Crippen LogP contribution < -0.4 is 5.32 Å². The molecule has 3 fully saturated rings. The summed E-state index contributed by atoms with van der Waals surface area (Å²) >= 11 is 0. The highest BCUT2D eigenvalue weighted by Crippen LogP contribution is 2.45. The van der Waals surface area contributed by atoms with E-state index in [2.05, 4.69) is 36.3 Å². The van der Waals surface area contributed by atoms with Gasteiger partial charge in [-0.15, -0.1) is 0 Å². The molecule has 6 rings (SSSR count). The fourth-order valence-corrected chi connectivity index (χ4v) is 5.23. The zero-order valence-electron chi connectivity index (χ0n) is 18.4. The molecule has 0 atom stereocenters. The van der Waals surface area contributed by atoms with Crippen molar-refractivity contribution in [2.24, 2.45) is 0 Å². The van der Waals surface area contributed by atoms with Gasteiger partial charge in [0.25, 0.3) is 0 Å². The number of H-pyrrole nitrogens is 1. The predicted molar refractivity (Wildman–Crippen MR) is 121 cm³/mol. The highest BCUT2D eigenvalue weighted by atomic mass is 16.2. The zero-order valence-corrected chi connectivity index (χ0v) is 18.4. The molecule has 0 aromatic carbocycles. The Balaban J connectivity index is 1.13. The summed E-state index contributed by atoms with van der Waals surface area (Å²) in [5, 5.41) is 18.3. The van der Waals surface area contributed by atoms with Gasteiger partial charge in [-0.05, 0) is 31.7 Å². The molecule has 0 radical (unpaired) electrons. The Labute approximate surface area is 191 Å². The van der Waals surface area contributed by atoms with Gasteiger partial charge in [0.2, 0.25) is 0 Å². The second kappa shape index (κ2) is 7.85. The lowest BCUT2D eigenvalue weighted by atomic mass is 9.70. The van der Waals surface area contributed by atoms with Crippen LogP contribution in [0.4, 0.5) is 4.79 Å². The Bertz CT molecular complexity index is 1210. The monoisotopic (exact) mass is 445 g/mol. The minimum atomic E-state index is -0.289. The van der Waals surface area contributed by atoms with Crippen molar-refractivity contribution in [3.05, 3.63) is 31.0 Å². The third-order valence-corrected chi connectivity index (χ3v) is 7.36. The van der Waals surface area contributed by atoms with Gasteiger partial charge in [0.15, 0.2) is 0 Å². The van der Waals surface area contributed by atoms with Gasteiger partial charge in [0.1, 0.15) is 12.0 Å².